The molecule has 0 radical (unpaired) electrons. The van der Waals surface area contributed by atoms with Crippen LogP contribution in [0.3, 0.4) is 0 Å². The van der Waals surface area contributed by atoms with E-state index in [-0.39, 0.29) is 0 Å². The van der Waals surface area contributed by atoms with Crippen molar-refractivity contribution in [3.05, 3.63) is 41.3 Å². The predicted molar refractivity (Wildman–Crippen MR) is 181 cm³/mol. The Hall–Kier alpha value is -2.74. The van der Waals surface area contributed by atoms with E-state index in [0.717, 1.165) is 31.6 Å². The number of nitrogens with zero attached hydrogens (tertiary/aromatic N) is 1. The van der Waals surface area contributed by atoms with Gasteiger partial charge in [0.05, 0.1) is 5.56 Å². The van der Waals surface area contributed by atoms with Gasteiger partial charge >= 0.3 is 11.9 Å². The number of hydrogen-bond acceptors (Lipinski definition) is 8. The van der Waals surface area contributed by atoms with Crippen LogP contribution in [0.15, 0.2) is 35.8 Å². The van der Waals surface area contributed by atoms with Gasteiger partial charge in [0.1, 0.15) is 12.7 Å². The molecule has 0 saturated carbocycles. The second-order valence-electron chi connectivity index (χ2n) is 12.6. The number of anilines is 1. The number of carbonyl (C=O) groups is 2. The Morgan fingerprint density at radius 3 is 1.56 bits per heavy atom. The molecule has 2 atom stereocenters. The summed E-state index contributed by atoms with van der Waals surface area (Å²) in [5.41, 5.74) is 1.43. The van der Waals surface area contributed by atoms with E-state index in [9.17, 15) is 24.9 Å². The lowest BCUT2D eigenvalue weighted by molar-refractivity contribution is -0.147. The van der Waals surface area contributed by atoms with Gasteiger partial charge in [-0.15, -0.1) is 0 Å². The highest BCUT2D eigenvalue weighted by molar-refractivity contribution is 5.90. The van der Waals surface area contributed by atoms with Crippen molar-refractivity contribution in [3.8, 4) is 0 Å². The Morgan fingerprint density at radius 1 is 0.733 bits per heavy atom. The number of rotatable bonds is 27. The van der Waals surface area contributed by atoms with E-state index >= 15 is 0 Å². The van der Waals surface area contributed by atoms with Crippen molar-refractivity contribution in [3.63, 3.8) is 0 Å². The third-order valence-corrected chi connectivity index (χ3v) is 8.71. The molecule has 0 aromatic heterocycles. The van der Waals surface area contributed by atoms with E-state index in [2.05, 4.69) is 18.7 Å². The molecular weight excluding hydrogens is 570 g/mol. The fraction of sp³-hybridized carbons (Fsp3) is 0.730. The highest BCUT2D eigenvalue weighted by Crippen LogP contribution is 2.23. The topological polar surface area (TPSA) is 117 Å². The Kier molecular flexibility index (Phi) is 20.1. The van der Waals surface area contributed by atoms with Gasteiger partial charge in [0.15, 0.2) is 11.9 Å². The number of aliphatic hydroxyl groups is 3. The van der Waals surface area contributed by atoms with Crippen LogP contribution in [0.4, 0.5) is 5.69 Å². The minimum absolute atomic E-state index is 0.342. The zero-order valence-electron chi connectivity index (χ0n) is 28.1. The normalized spacial score (nSPS) is 15.4. The Morgan fingerprint density at radius 2 is 1.16 bits per heavy atom. The zero-order valence-corrected chi connectivity index (χ0v) is 28.1. The van der Waals surface area contributed by atoms with Crippen molar-refractivity contribution in [2.24, 2.45) is 0 Å². The van der Waals surface area contributed by atoms with Crippen molar-refractivity contribution in [2.45, 2.75) is 154 Å². The fourth-order valence-corrected chi connectivity index (χ4v) is 5.82. The molecule has 2 rings (SSSR count). The third-order valence-electron chi connectivity index (χ3n) is 8.71. The predicted octanol–water partition coefficient (Wildman–Crippen LogP) is 9.11. The highest BCUT2D eigenvalue weighted by Gasteiger charge is 2.39. The smallest absolute Gasteiger partial charge is 0.377 e. The number of carbonyl (C=O) groups excluding carboxylic acids is 2. The van der Waals surface area contributed by atoms with Gasteiger partial charge in [-0.05, 0) is 37.1 Å². The molecule has 45 heavy (non-hydrogen) atoms. The molecule has 2 unspecified atom stereocenters. The van der Waals surface area contributed by atoms with Crippen molar-refractivity contribution < 1.29 is 34.4 Å². The van der Waals surface area contributed by atoms with Gasteiger partial charge in [-0.3, -0.25) is 0 Å². The molecule has 0 spiro atoms. The average molecular weight is 632 g/mol. The maximum Gasteiger partial charge on any atom is 0.377 e. The highest BCUT2D eigenvalue weighted by atomic mass is 16.6. The number of benzene rings is 1. The first-order chi connectivity index (χ1) is 21.9. The second-order valence-corrected chi connectivity index (χ2v) is 12.6. The fourth-order valence-electron chi connectivity index (χ4n) is 5.82. The first-order valence-electron chi connectivity index (χ1n) is 17.9. The molecule has 8 nitrogen and oxygen atoms in total. The molecule has 0 saturated heterocycles. The van der Waals surface area contributed by atoms with E-state index in [0.29, 0.717) is 5.56 Å². The van der Waals surface area contributed by atoms with Crippen molar-refractivity contribution in [2.75, 3.05) is 24.6 Å². The molecule has 1 aliphatic rings. The number of aliphatic hydroxyl groups excluding tert-OH is 3. The van der Waals surface area contributed by atoms with Crippen LogP contribution in [-0.4, -0.2) is 59.2 Å². The standard InChI is InChI=1S/C37H61NO7/c1-3-5-7-9-11-13-15-17-19-21-27-38(28-22-20-18-16-14-12-10-8-6-4-2)31-25-23-30(24-26-31)36(42)44-29-32(39)35-33(40)34(41)37(43)45-35/h23-26,32,35,39-41H,3-22,27-29H2,1-2H3. The van der Waals surface area contributed by atoms with E-state index < -0.39 is 42.3 Å². The molecule has 0 fully saturated rings. The van der Waals surface area contributed by atoms with Crippen LogP contribution in [-0.2, 0) is 14.3 Å². The summed E-state index contributed by atoms with van der Waals surface area (Å²) in [5.74, 6) is -3.47. The molecule has 0 amide bonds. The number of ether oxygens (including phenoxy) is 2. The Balaban J connectivity index is 1.80. The van der Waals surface area contributed by atoms with Gasteiger partial charge in [-0.25, -0.2) is 9.59 Å². The molecule has 1 heterocycles. The molecule has 0 bridgehead atoms. The molecule has 3 N–H and O–H groups in total. The zero-order chi connectivity index (χ0) is 32.7. The lowest BCUT2D eigenvalue weighted by Gasteiger charge is -2.25. The van der Waals surface area contributed by atoms with E-state index in [1.54, 1.807) is 12.1 Å². The van der Waals surface area contributed by atoms with Gasteiger partial charge in [-0.2, -0.15) is 0 Å². The summed E-state index contributed by atoms with van der Waals surface area (Å²) in [6.07, 6.45) is 23.2. The molecule has 256 valence electrons. The van der Waals surface area contributed by atoms with E-state index in [1.165, 1.54) is 116 Å². The summed E-state index contributed by atoms with van der Waals surface area (Å²) in [5, 5.41) is 29.3. The van der Waals surface area contributed by atoms with E-state index in [1.807, 2.05) is 12.1 Å². The quantitative estimate of drug-likeness (QED) is 0.0650. The molecule has 1 aromatic rings. The number of cyclic esters (lactones) is 1. The molecular formula is C37H61NO7. The van der Waals surface area contributed by atoms with Crippen LogP contribution in [0.5, 0.6) is 0 Å². The Labute approximate surface area is 272 Å². The summed E-state index contributed by atoms with van der Waals surface area (Å²) < 4.78 is 9.91. The second kappa shape index (κ2) is 23.6. The summed E-state index contributed by atoms with van der Waals surface area (Å²) in [6, 6.07) is 7.36. The lowest BCUT2D eigenvalue weighted by Crippen LogP contribution is -2.33. The van der Waals surface area contributed by atoms with Gasteiger partial charge in [0, 0.05) is 18.8 Å². The van der Waals surface area contributed by atoms with Crippen LogP contribution >= 0.6 is 0 Å². The van der Waals surface area contributed by atoms with Crippen molar-refractivity contribution in [1.29, 1.82) is 0 Å². The first kappa shape index (κ1) is 38.4. The minimum atomic E-state index is -1.50. The first-order valence-corrected chi connectivity index (χ1v) is 17.9. The monoisotopic (exact) mass is 631 g/mol. The summed E-state index contributed by atoms with van der Waals surface area (Å²) in [6.45, 7) is 6.00. The van der Waals surface area contributed by atoms with Crippen LogP contribution in [0, 0.1) is 0 Å². The summed E-state index contributed by atoms with van der Waals surface area (Å²) in [7, 11) is 0. The SMILES string of the molecule is CCCCCCCCCCCCN(CCCCCCCCCCCC)c1ccc(C(=O)OCC(O)C2OC(=O)C(O)=C2O)cc1. The van der Waals surface area contributed by atoms with Gasteiger partial charge in [0.25, 0.3) is 0 Å². The van der Waals surface area contributed by atoms with Crippen LogP contribution < -0.4 is 4.90 Å². The molecule has 8 heteroatoms. The minimum Gasteiger partial charge on any atom is -0.505 e. The summed E-state index contributed by atoms with van der Waals surface area (Å²) in [4.78, 5) is 26.4. The third kappa shape index (κ3) is 15.4. The van der Waals surface area contributed by atoms with Gasteiger partial charge < -0.3 is 29.7 Å². The van der Waals surface area contributed by atoms with Crippen molar-refractivity contribution in [1.82, 2.24) is 0 Å². The Bertz CT molecular complexity index is 953. The van der Waals surface area contributed by atoms with Crippen LogP contribution in [0.25, 0.3) is 0 Å². The number of esters is 2. The maximum absolute atomic E-state index is 12.6. The molecule has 1 aliphatic heterocycles. The molecule has 1 aromatic carbocycles. The van der Waals surface area contributed by atoms with Gasteiger partial charge in [0.2, 0.25) is 5.76 Å². The number of hydrogen-bond donors (Lipinski definition) is 3. The lowest BCUT2D eigenvalue weighted by atomic mass is 10.1. The van der Waals surface area contributed by atoms with Crippen molar-refractivity contribution >= 4 is 17.6 Å². The maximum atomic E-state index is 12.6. The van der Waals surface area contributed by atoms with Crippen LogP contribution in [0.1, 0.15) is 153 Å². The van der Waals surface area contributed by atoms with Gasteiger partial charge in [-0.1, -0.05) is 129 Å². The molecule has 0 aliphatic carbocycles. The van der Waals surface area contributed by atoms with E-state index in [4.69, 9.17) is 9.47 Å². The largest absolute Gasteiger partial charge is 0.505 e. The average Bonchev–Trinajstić information content (AvgIpc) is 3.31. The van der Waals surface area contributed by atoms with Crippen LogP contribution in [0.2, 0.25) is 0 Å². The summed E-state index contributed by atoms with van der Waals surface area (Å²) >= 11 is 0. The number of unbranched alkanes of at least 4 members (excludes halogenated alkanes) is 18.